The van der Waals surface area contributed by atoms with Gasteiger partial charge < -0.3 is 10.6 Å². The Hall–Kier alpha value is -0.220. The lowest BCUT2D eigenvalue weighted by atomic mass is 10.1. The van der Waals surface area contributed by atoms with Crippen LogP contribution in [0.5, 0.6) is 0 Å². The highest BCUT2D eigenvalue weighted by Gasteiger charge is 2.31. The SMILES string of the molecule is CCC[C@@H](N)C(=O)N1CCSC(C)(C)C1. The van der Waals surface area contributed by atoms with Crippen molar-refractivity contribution >= 4 is 17.7 Å². The van der Waals surface area contributed by atoms with Crippen LogP contribution < -0.4 is 5.73 Å². The molecule has 0 aromatic heterocycles. The summed E-state index contributed by atoms with van der Waals surface area (Å²) >= 11 is 1.93. The predicted octanol–water partition coefficient (Wildman–Crippen LogP) is 1.47. The Labute approximate surface area is 96.8 Å². The summed E-state index contributed by atoms with van der Waals surface area (Å²) < 4.78 is 0.180. The van der Waals surface area contributed by atoms with Crippen LogP contribution >= 0.6 is 11.8 Å². The number of nitrogens with zero attached hydrogens (tertiary/aromatic N) is 1. The molecule has 0 aliphatic carbocycles. The number of thioether (sulfide) groups is 1. The van der Waals surface area contributed by atoms with Gasteiger partial charge in [-0.25, -0.2) is 0 Å². The molecule has 3 nitrogen and oxygen atoms in total. The van der Waals surface area contributed by atoms with Gasteiger partial charge in [-0.15, -0.1) is 0 Å². The second-order valence-electron chi connectivity index (χ2n) is 4.76. The molecule has 0 radical (unpaired) electrons. The van der Waals surface area contributed by atoms with Crippen LogP contribution in [0.3, 0.4) is 0 Å². The Morgan fingerprint density at radius 1 is 1.60 bits per heavy atom. The minimum atomic E-state index is -0.297. The van der Waals surface area contributed by atoms with Crippen LogP contribution in [0.15, 0.2) is 0 Å². The first-order valence-electron chi connectivity index (χ1n) is 5.64. The lowest BCUT2D eigenvalue weighted by molar-refractivity contribution is -0.133. The number of hydrogen-bond donors (Lipinski definition) is 1. The van der Waals surface area contributed by atoms with E-state index < -0.39 is 0 Å². The molecule has 0 unspecified atom stereocenters. The number of carbonyl (C=O) groups is 1. The van der Waals surface area contributed by atoms with Crippen molar-refractivity contribution in [2.24, 2.45) is 5.73 Å². The van der Waals surface area contributed by atoms with E-state index in [1.54, 1.807) is 0 Å². The van der Waals surface area contributed by atoms with Crippen molar-refractivity contribution in [1.82, 2.24) is 4.90 Å². The normalized spacial score (nSPS) is 22.5. The fraction of sp³-hybridized carbons (Fsp3) is 0.909. The van der Waals surface area contributed by atoms with Gasteiger partial charge in [0.1, 0.15) is 0 Å². The van der Waals surface area contributed by atoms with Gasteiger partial charge in [0.15, 0.2) is 0 Å². The molecule has 0 aromatic rings. The van der Waals surface area contributed by atoms with E-state index in [4.69, 9.17) is 5.73 Å². The largest absolute Gasteiger partial charge is 0.339 e. The van der Waals surface area contributed by atoms with Crippen molar-refractivity contribution in [2.45, 2.75) is 44.4 Å². The van der Waals surface area contributed by atoms with Crippen molar-refractivity contribution < 1.29 is 4.79 Å². The summed E-state index contributed by atoms with van der Waals surface area (Å²) in [7, 11) is 0. The first-order chi connectivity index (χ1) is 6.96. The van der Waals surface area contributed by atoms with Gasteiger partial charge in [0, 0.05) is 23.6 Å². The van der Waals surface area contributed by atoms with E-state index in [2.05, 4.69) is 20.8 Å². The van der Waals surface area contributed by atoms with E-state index >= 15 is 0 Å². The van der Waals surface area contributed by atoms with Gasteiger partial charge in [-0.1, -0.05) is 13.3 Å². The van der Waals surface area contributed by atoms with Crippen LogP contribution in [0.25, 0.3) is 0 Å². The molecule has 1 saturated heterocycles. The third-order valence-corrected chi connectivity index (χ3v) is 3.95. The van der Waals surface area contributed by atoms with Crippen molar-refractivity contribution in [3.05, 3.63) is 0 Å². The van der Waals surface area contributed by atoms with Crippen LogP contribution in [0.4, 0.5) is 0 Å². The zero-order valence-corrected chi connectivity index (χ0v) is 10.8. The zero-order valence-electron chi connectivity index (χ0n) is 9.95. The molecular formula is C11H22N2OS. The molecule has 1 atom stereocenters. The highest BCUT2D eigenvalue weighted by Crippen LogP contribution is 2.29. The number of rotatable bonds is 3. The molecule has 4 heteroatoms. The van der Waals surface area contributed by atoms with Crippen LogP contribution in [0.2, 0.25) is 0 Å². The Bertz CT molecular complexity index is 231. The summed E-state index contributed by atoms with van der Waals surface area (Å²) in [5.41, 5.74) is 5.85. The average molecular weight is 230 g/mol. The summed E-state index contributed by atoms with van der Waals surface area (Å²) in [5, 5.41) is 0. The third-order valence-electron chi connectivity index (χ3n) is 2.65. The maximum absolute atomic E-state index is 12.0. The summed E-state index contributed by atoms with van der Waals surface area (Å²) in [6.07, 6.45) is 1.77. The molecule has 15 heavy (non-hydrogen) atoms. The van der Waals surface area contributed by atoms with Crippen molar-refractivity contribution in [2.75, 3.05) is 18.8 Å². The first kappa shape index (κ1) is 12.8. The zero-order chi connectivity index (χ0) is 11.5. The smallest absolute Gasteiger partial charge is 0.239 e. The van der Waals surface area contributed by atoms with Crippen LogP contribution in [0.1, 0.15) is 33.6 Å². The molecule has 1 heterocycles. The number of amides is 1. The summed E-state index contributed by atoms with van der Waals surface area (Å²) in [4.78, 5) is 13.9. The Morgan fingerprint density at radius 3 is 2.80 bits per heavy atom. The first-order valence-corrected chi connectivity index (χ1v) is 6.63. The van der Waals surface area contributed by atoms with E-state index in [1.165, 1.54) is 0 Å². The van der Waals surface area contributed by atoms with E-state index in [0.717, 1.165) is 31.7 Å². The van der Waals surface area contributed by atoms with E-state index in [-0.39, 0.29) is 16.7 Å². The molecule has 0 bridgehead atoms. The Kier molecular flexibility index (Phi) is 4.46. The molecule has 0 spiro atoms. The quantitative estimate of drug-likeness (QED) is 0.798. The van der Waals surface area contributed by atoms with Gasteiger partial charge in [-0.2, -0.15) is 11.8 Å². The van der Waals surface area contributed by atoms with Gasteiger partial charge in [0.25, 0.3) is 0 Å². The lowest BCUT2D eigenvalue weighted by Crippen LogP contribution is -2.51. The summed E-state index contributed by atoms with van der Waals surface area (Å²) in [6, 6.07) is -0.297. The van der Waals surface area contributed by atoms with Crippen molar-refractivity contribution in [3.63, 3.8) is 0 Å². The molecule has 0 saturated carbocycles. The highest BCUT2D eigenvalue weighted by molar-refractivity contribution is 8.00. The third kappa shape index (κ3) is 3.68. The minimum absolute atomic E-state index is 0.130. The summed E-state index contributed by atoms with van der Waals surface area (Å²) in [5.74, 6) is 1.16. The van der Waals surface area contributed by atoms with Gasteiger partial charge in [-0.3, -0.25) is 4.79 Å². The van der Waals surface area contributed by atoms with E-state index in [9.17, 15) is 4.79 Å². The molecule has 1 rings (SSSR count). The summed E-state index contributed by atoms with van der Waals surface area (Å²) in [6.45, 7) is 8.10. The standard InChI is InChI=1S/C11H22N2OS/c1-4-5-9(12)10(14)13-6-7-15-11(2,3)8-13/h9H,4-8,12H2,1-3H3/t9-/m1/s1. The van der Waals surface area contributed by atoms with E-state index in [0.29, 0.717) is 0 Å². The minimum Gasteiger partial charge on any atom is -0.339 e. The van der Waals surface area contributed by atoms with Gasteiger partial charge in [0.2, 0.25) is 5.91 Å². The fourth-order valence-electron chi connectivity index (χ4n) is 1.87. The molecule has 2 N–H and O–H groups in total. The van der Waals surface area contributed by atoms with E-state index in [1.807, 2.05) is 16.7 Å². The van der Waals surface area contributed by atoms with Crippen molar-refractivity contribution in [3.8, 4) is 0 Å². The maximum atomic E-state index is 12.0. The molecule has 1 aliphatic rings. The Morgan fingerprint density at radius 2 is 2.27 bits per heavy atom. The second kappa shape index (κ2) is 5.21. The molecule has 1 fully saturated rings. The van der Waals surface area contributed by atoms with Crippen LogP contribution in [-0.4, -0.2) is 40.4 Å². The van der Waals surface area contributed by atoms with Gasteiger partial charge in [0.05, 0.1) is 6.04 Å². The number of nitrogens with two attached hydrogens (primary N) is 1. The molecular weight excluding hydrogens is 208 g/mol. The molecule has 1 aliphatic heterocycles. The van der Waals surface area contributed by atoms with Crippen LogP contribution in [0, 0.1) is 0 Å². The van der Waals surface area contributed by atoms with Crippen molar-refractivity contribution in [1.29, 1.82) is 0 Å². The Balaban J connectivity index is 2.52. The topological polar surface area (TPSA) is 46.3 Å². The molecule has 0 aromatic carbocycles. The maximum Gasteiger partial charge on any atom is 0.239 e. The average Bonchev–Trinajstić information content (AvgIpc) is 2.15. The fourth-order valence-corrected chi connectivity index (χ4v) is 2.98. The predicted molar refractivity (Wildman–Crippen MR) is 66.0 cm³/mol. The number of carbonyl (C=O) groups excluding carboxylic acids is 1. The van der Waals surface area contributed by atoms with Crippen LogP contribution in [-0.2, 0) is 4.79 Å². The second-order valence-corrected chi connectivity index (χ2v) is 6.57. The van der Waals surface area contributed by atoms with Gasteiger partial charge in [-0.05, 0) is 20.3 Å². The number of hydrogen-bond acceptors (Lipinski definition) is 3. The lowest BCUT2D eigenvalue weighted by Gasteiger charge is -2.38. The molecule has 88 valence electrons. The molecule has 1 amide bonds. The highest BCUT2D eigenvalue weighted by atomic mass is 32.2. The van der Waals surface area contributed by atoms with Gasteiger partial charge >= 0.3 is 0 Å². The monoisotopic (exact) mass is 230 g/mol.